The van der Waals surface area contributed by atoms with Crippen molar-refractivity contribution >= 4 is 5.91 Å². The van der Waals surface area contributed by atoms with Crippen molar-refractivity contribution < 1.29 is 9.63 Å². The molecule has 1 saturated carbocycles. The molecule has 0 atom stereocenters. The van der Waals surface area contributed by atoms with Gasteiger partial charge in [-0.2, -0.15) is 0 Å². The summed E-state index contributed by atoms with van der Waals surface area (Å²) in [6.45, 7) is 4.78. The van der Waals surface area contributed by atoms with Gasteiger partial charge in [-0.15, -0.1) is 0 Å². The first kappa shape index (κ1) is 15.0. The van der Waals surface area contributed by atoms with E-state index < -0.39 is 0 Å². The molecule has 0 radical (unpaired) electrons. The summed E-state index contributed by atoms with van der Waals surface area (Å²) in [7, 11) is 0. The van der Waals surface area contributed by atoms with E-state index in [9.17, 15) is 4.79 Å². The second-order valence-electron chi connectivity index (χ2n) is 6.29. The molecule has 0 aliphatic heterocycles. The molecule has 0 unspecified atom stereocenters. The van der Waals surface area contributed by atoms with E-state index in [0.717, 1.165) is 37.7 Å². The number of nitrogens with one attached hydrogen (secondary N) is 1. The number of carbonyl (C=O) groups excluding carboxylic acids is 1. The number of amides is 1. The average Bonchev–Trinajstić information content (AvgIpc) is 2.89. The summed E-state index contributed by atoms with van der Waals surface area (Å²) in [5, 5.41) is 0. The standard InChI is InChI=1S/C17H25NO2/c1-14(2)12-17(10-6-7-11-17)16(19)18-20-13-15-8-4-3-5-9-15/h3-5,8-9,14H,6-7,10-13H2,1-2H3,(H,18,19). The molecule has 3 nitrogen and oxygen atoms in total. The Hall–Kier alpha value is -1.35. The summed E-state index contributed by atoms with van der Waals surface area (Å²) in [6, 6.07) is 9.89. The van der Waals surface area contributed by atoms with Crippen molar-refractivity contribution in [1.82, 2.24) is 5.48 Å². The molecule has 0 bridgehead atoms. The molecule has 110 valence electrons. The number of rotatable bonds is 6. The maximum atomic E-state index is 12.5. The number of hydroxylamine groups is 1. The molecule has 20 heavy (non-hydrogen) atoms. The van der Waals surface area contributed by atoms with Gasteiger partial charge < -0.3 is 0 Å². The van der Waals surface area contributed by atoms with Gasteiger partial charge in [0.2, 0.25) is 5.91 Å². The molecule has 1 N–H and O–H groups in total. The van der Waals surface area contributed by atoms with Gasteiger partial charge in [0, 0.05) is 0 Å². The highest BCUT2D eigenvalue weighted by Crippen LogP contribution is 2.43. The maximum absolute atomic E-state index is 12.5. The molecule has 0 aromatic heterocycles. The Labute approximate surface area is 121 Å². The summed E-state index contributed by atoms with van der Waals surface area (Å²) in [4.78, 5) is 17.9. The van der Waals surface area contributed by atoms with Crippen LogP contribution in [0.25, 0.3) is 0 Å². The molecule has 3 heteroatoms. The van der Waals surface area contributed by atoms with Crippen molar-refractivity contribution in [3.8, 4) is 0 Å². The zero-order valence-electron chi connectivity index (χ0n) is 12.5. The number of carbonyl (C=O) groups is 1. The van der Waals surface area contributed by atoms with Crippen LogP contribution >= 0.6 is 0 Å². The van der Waals surface area contributed by atoms with Crippen LogP contribution in [0, 0.1) is 11.3 Å². The number of hydrogen-bond donors (Lipinski definition) is 1. The van der Waals surface area contributed by atoms with Crippen LogP contribution in [-0.4, -0.2) is 5.91 Å². The molecule has 1 aromatic carbocycles. The van der Waals surface area contributed by atoms with E-state index in [1.165, 1.54) is 0 Å². The monoisotopic (exact) mass is 275 g/mol. The summed E-state index contributed by atoms with van der Waals surface area (Å²) in [6.07, 6.45) is 5.24. The van der Waals surface area contributed by atoms with E-state index in [0.29, 0.717) is 12.5 Å². The fourth-order valence-corrected chi connectivity index (χ4v) is 3.22. The van der Waals surface area contributed by atoms with Crippen LogP contribution in [-0.2, 0) is 16.2 Å². The Morgan fingerprint density at radius 2 is 1.90 bits per heavy atom. The average molecular weight is 275 g/mol. The van der Waals surface area contributed by atoms with E-state index in [2.05, 4.69) is 19.3 Å². The first-order valence-corrected chi connectivity index (χ1v) is 7.58. The van der Waals surface area contributed by atoms with E-state index in [1.807, 2.05) is 30.3 Å². The summed E-state index contributed by atoms with van der Waals surface area (Å²) in [5.74, 6) is 0.604. The molecule has 1 aromatic rings. The largest absolute Gasteiger partial charge is 0.272 e. The van der Waals surface area contributed by atoms with Crippen LogP contribution in [0.15, 0.2) is 30.3 Å². The third kappa shape index (κ3) is 3.83. The Kier molecular flexibility index (Phi) is 5.18. The minimum Gasteiger partial charge on any atom is -0.272 e. The topological polar surface area (TPSA) is 38.3 Å². The molecular formula is C17H25NO2. The van der Waals surface area contributed by atoms with E-state index in [1.54, 1.807) is 0 Å². The molecule has 0 spiro atoms. The van der Waals surface area contributed by atoms with Gasteiger partial charge >= 0.3 is 0 Å². The predicted molar refractivity (Wildman–Crippen MR) is 79.7 cm³/mol. The molecule has 2 rings (SSSR count). The number of hydrogen-bond acceptors (Lipinski definition) is 2. The fraction of sp³-hybridized carbons (Fsp3) is 0.588. The van der Waals surface area contributed by atoms with Gasteiger partial charge in [0.1, 0.15) is 0 Å². The lowest BCUT2D eigenvalue weighted by Gasteiger charge is -2.29. The molecule has 1 aliphatic carbocycles. The van der Waals surface area contributed by atoms with Gasteiger partial charge in [-0.25, -0.2) is 5.48 Å². The molecular weight excluding hydrogens is 250 g/mol. The quantitative estimate of drug-likeness (QED) is 0.801. The van der Waals surface area contributed by atoms with Crippen LogP contribution in [0.2, 0.25) is 0 Å². The van der Waals surface area contributed by atoms with Crippen LogP contribution in [0.3, 0.4) is 0 Å². The van der Waals surface area contributed by atoms with Crippen molar-refractivity contribution in [3.05, 3.63) is 35.9 Å². The second-order valence-corrected chi connectivity index (χ2v) is 6.29. The highest BCUT2D eigenvalue weighted by molar-refractivity contribution is 5.82. The van der Waals surface area contributed by atoms with Gasteiger partial charge in [-0.05, 0) is 30.7 Å². The Bertz CT molecular complexity index is 422. The lowest BCUT2D eigenvalue weighted by molar-refractivity contribution is -0.146. The minimum atomic E-state index is -0.204. The van der Waals surface area contributed by atoms with Gasteiger partial charge in [0.15, 0.2) is 0 Å². The lowest BCUT2D eigenvalue weighted by Crippen LogP contribution is -2.40. The summed E-state index contributed by atoms with van der Waals surface area (Å²) >= 11 is 0. The van der Waals surface area contributed by atoms with Gasteiger partial charge in [0.05, 0.1) is 12.0 Å². The van der Waals surface area contributed by atoms with Crippen LogP contribution in [0.5, 0.6) is 0 Å². The van der Waals surface area contributed by atoms with E-state index >= 15 is 0 Å². The third-order valence-corrected chi connectivity index (χ3v) is 4.09. The summed E-state index contributed by atoms with van der Waals surface area (Å²) < 4.78 is 0. The van der Waals surface area contributed by atoms with E-state index in [4.69, 9.17) is 4.84 Å². The van der Waals surface area contributed by atoms with Crippen molar-refractivity contribution in [1.29, 1.82) is 0 Å². The lowest BCUT2D eigenvalue weighted by atomic mass is 9.78. The van der Waals surface area contributed by atoms with Crippen molar-refractivity contribution in [2.75, 3.05) is 0 Å². The highest BCUT2D eigenvalue weighted by Gasteiger charge is 2.41. The highest BCUT2D eigenvalue weighted by atomic mass is 16.6. The Morgan fingerprint density at radius 1 is 1.25 bits per heavy atom. The smallest absolute Gasteiger partial charge is 0.249 e. The molecule has 1 fully saturated rings. The van der Waals surface area contributed by atoms with Crippen LogP contribution in [0.4, 0.5) is 0 Å². The van der Waals surface area contributed by atoms with Gasteiger partial charge in [-0.1, -0.05) is 57.0 Å². The fourth-order valence-electron chi connectivity index (χ4n) is 3.22. The van der Waals surface area contributed by atoms with E-state index in [-0.39, 0.29) is 11.3 Å². The minimum absolute atomic E-state index is 0.0691. The molecule has 1 aliphatic rings. The number of benzene rings is 1. The van der Waals surface area contributed by atoms with Crippen LogP contribution < -0.4 is 5.48 Å². The van der Waals surface area contributed by atoms with Crippen molar-refractivity contribution in [3.63, 3.8) is 0 Å². The maximum Gasteiger partial charge on any atom is 0.249 e. The first-order chi connectivity index (χ1) is 9.62. The zero-order valence-corrected chi connectivity index (χ0v) is 12.5. The van der Waals surface area contributed by atoms with Gasteiger partial charge in [-0.3, -0.25) is 9.63 Å². The molecule has 0 saturated heterocycles. The third-order valence-electron chi connectivity index (χ3n) is 4.09. The Morgan fingerprint density at radius 3 is 2.50 bits per heavy atom. The van der Waals surface area contributed by atoms with Crippen LogP contribution in [0.1, 0.15) is 51.5 Å². The zero-order chi connectivity index (χ0) is 14.4. The molecule has 0 heterocycles. The van der Waals surface area contributed by atoms with Crippen molar-refractivity contribution in [2.24, 2.45) is 11.3 Å². The van der Waals surface area contributed by atoms with Gasteiger partial charge in [0.25, 0.3) is 0 Å². The first-order valence-electron chi connectivity index (χ1n) is 7.58. The summed E-state index contributed by atoms with van der Waals surface area (Å²) in [5.41, 5.74) is 3.54. The normalized spacial score (nSPS) is 17.4. The molecule has 1 amide bonds. The SMILES string of the molecule is CC(C)CC1(C(=O)NOCc2ccccc2)CCCC1. The second kappa shape index (κ2) is 6.89. The predicted octanol–water partition coefficient (Wildman–Crippen LogP) is 3.84. The van der Waals surface area contributed by atoms with Crippen molar-refractivity contribution in [2.45, 2.75) is 52.6 Å². The Balaban J connectivity index is 1.86.